The van der Waals surface area contributed by atoms with E-state index in [-0.39, 0.29) is 12.0 Å². The summed E-state index contributed by atoms with van der Waals surface area (Å²) in [5.74, 6) is 0.281. The number of nitrogens with zero attached hydrogens (tertiary/aromatic N) is 2. The molecule has 0 unspecified atom stereocenters. The molecule has 2 aromatic rings. The van der Waals surface area contributed by atoms with E-state index in [0.717, 1.165) is 25.1 Å². The molecule has 1 atom stereocenters. The van der Waals surface area contributed by atoms with Crippen molar-refractivity contribution < 1.29 is 9.53 Å². The standard InChI is InChI=1S/C16H18N4O2/c21-15(17-11-14-7-4-8-22-14)12-9-18-16(19-10-12)20-13-5-2-1-3-6-13/h1-3,5-6,9-10,14H,4,7-8,11H2,(H,17,21)(H,18,19,20)/t14-/m0/s1. The number of amides is 1. The third-order valence-corrected chi connectivity index (χ3v) is 3.46. The molecule has 22 heavy (non-hydrogen) atoms. The topological polar surface area (TPSA) is 76.1 Å². The van der Waals surface area contributed by atoms with Gasteiger partial charge in [0, 0.05) is 31.2 Å². The van der Waals surface area contributed by atoms with Crippen LogP contribution in [0.25, 0.3) is 0 Å². The Balaban J connectivity index is 1.55. The van der Waals surface area contributed by atoms with Crippen molar-refractivity contribution in [3.05, 3.63) is 48.3 Å². The number of nitrogens with one attached hydrogen (secondary N) is 2. The van der Waals surface area contributed by atoms with Crippen molar-refractivity contribution in [2.75, 3.05) is 18.5 Å². The number of para-hydroxylation sites is 1. The number of aromatic nitrogens is 2. The summed E-state index contributed by atoms with van der Waals surface area (Å²) in [7, 11) is 0. The molecular formula is C16H18N4O2. The van der Waals surface area contributed by atoms with Crippen LogP contribution in [-0.2, 0) is 4.74 Å². The molecule has 6 nitrogen and oxygen atoms in total. The van der Waals surface area contributed by atoms with Crippen LogP contribution in [0.2, 0.25) is 0 Å². The Morgan fingerprint density at radius 3 is 2.68 bits per heavy atom. The van der Waals surface area contributed by atoms with Crippen LogP contribution in [-0.4, -0.2) is 35.1 Å². The first-order chi connectivity index (χ1) is 10.8. The van der Waals surface area contributed by atoms with Gasteiger partial charge in [-0.2, -0.15) is 0 Å². The number of carbonyl (C=O) groups excluding carboxylic acids is 1. The molecule has 1 fully saturated rings. The number of rotatable bonds is 5. The molecule has 0 radical (unpaired) electrons. The van der Waals surface area contributed by atoms with Crippen molar-refractivity contribution in [3.63, 3.8) is 0 Å². The van der Waals surface area contributed by atoms with Gasteiger partial charge in [0.05, 0.1) is 11.7 Å². The van der Waals surface area contributed by atoms with Gasteiger partial charge < -0.3 is 15.4 Å². The molecule has 1 saturated heterocycles. The Kier molecular flexibility index (Phi) is 4.60. The van der Waals surface area contributed by atoms with E-state index in [4.69, 9.17) is 4.74 Å². The molecule has 1 aliphatic rings. The summed E-state index contributed by atoms with van der Waals surface area (Å²) >= 11 is 0. The fraction of sp³-hybridized carbons (Fsp3) is 0.312. The maximum absolute atomic E-state index is 12.0. The van der Waals surface area contributed by atoms with E-state index in [1.807, 2.05) is 30.3 Å². The summed E-state index contributed by atoms with van der Waals surface area (Å²) < 4.78 is 5.47. The summed E-state index contributed by atoms with van der Waals surface area (Å²) in [5.41, 5.74) is 1.34. The number of hydrogen-bond donors (Lipinski definition) is 2. The van der Waals surface area contributed by atoms with Gasteiger partial charge in [0.2, 0.25) is 5.95 Å². The Morgan fingerprint density at radius 1 is 1.23 bits per heavy atom. The zero-order valence-electron chi connectivity index (χ0n) is 12.2. The zero-order chi connectivity index (χ0) is 15.2. The van der Waals surface area contributed by atoms with Crippen LogP contribution in [0.4, 0.5) is 11.6 Å². The highest BCUT2D eigenvalue weighted by Crippen LogP contribution is 2.12. The Bertz CT molecular complexity index is 610. The summed E-state index contributed by atoms with van der Waals surface area (Å²) in [4.78, 5) is 20.3. The van der Waals surface area contributed by atoms with Crippen molar-refractivity contribution in [2.24, 2.45) is 0 Å². The first-order valence-electron chi connectivity index (χ1n) is 7.35. The van der Waals surface area contributed by atoms with Crippen LogP contribution in [0.3, 0.4) is 0 Å². The summed E-state index contributed by atoms with van der Waals surface area (Å²) in [6, 6.07) is 9.63. The summed E-state index contributed by atoms with van der Waals surface area (Å²) in [6.07, 6.45) is 5.22. The molecule has 1 amide bonds. The maximum Gasteiger partial charge on any atom is 0.254 e. The van der Waals surface area contributed by atoms with E-state index in [2.05, 4.69) is 20.6 Å². The van der Waals surface area contributed by atoms with Crippen LogP contribution < -0.4 is 10.6 Å². The van der Waals surface area contributed by atoms with Gasteiger partial charge in [-0.1, -0.05) is 18.2 Å². The van der Waals surface area contributed by atoms with Crippen LogP contribution in [0, 0.1) is 0 Å². The molecule has 0 saturated carbocycles. The molecule has 2 N–H and O–H groups in total. The Hall–Kier alpha value is -2.47. The monoisotopic (exact) mass is 298 g/mol. The molecule has 1 aromatic carbocycles. The zero-order valence-corrected chi connectivity index (χ0v) is 12.2. The van der Waals surface area contributed by atoms with E-state index < -0.39 is 0 Å². The number of hydrogen-bond acceptors (Lipinski definition) is 5. The molecule has 1 aromatic heterocycles. The fourth-order valence-corrected chi connectivity index (χ4v) is 2.27. The predicted octanol–water partition coefficient (Wildman–Crippen LogP) is 2.13. The van der Waals surface area contributed by atoms with Gasteiger partial charge in [-0.05, 0) is 25.0 Å². The first kappa shape index (κ1) is 14.5. The molecule has 114 valence electrons. The molecule has 0 spiro atoms. The predicted molar refractivity (Wildman–Crippen MR) is 83.1 cm³/mol. The lowest BCUT2D eigenvalue weighted by molar-refractivity contribution is 0.0857. The highest BCUT2D eigenvalue weighted by atomic mass is 16.5. The number of benzene rings is 1. The lowest BCUT2D eigenvalue weighted by Gasteiger charge is -2.10. The smallest absolute Gasteiger partial charge is 0.254 e. The van der Waals surface area contributed by atoms with Gasteiger partial charge >= 0.3 is 0 Å². The van der Waals surface area contributed by atoms with Gasteiger partial charge in [0.25, 0.3) is 5.91 Å². The van der Waals surface area contributed by atoms with Gasteiger partial charge in [0.15, 0.2) is 0 Å². The van der Waals surface area contributed by atoms with Crippen molar-refractivity contribution in [3.8, 4) is 0 Å². The molecule has 0 aliphatic carbocycles. The van der Waals surface area contributed by atoms with E-state index in [1.54, 1.807) is 0 Å². The molecule has 0 bridgehead atoms. The second kappa shape index (κ2) is 7.00. The average Bonchev–Trinajstić information content (AvgIpc) is 3.08. The fourth-order valence-electron chi connectivity index (χ4n) is 2.27. The molecule has 3 rings (SSSR count). The van der Waals surface area contributed by atoms with Gasteiger partial charge in [-0.25, -0.2) is 9.97 Å². The van der Waals surface area contributed by atoms with Gasteiger partial charge in [-0.15, -0.1) is 0 Å². The van der Waals surface area contributed by atoms with Crippen molar-refractivity contribution in [1.82, 2.24) is 15.3 Å². The molecular weight excluding hydrogens is 280 g/mol. The second-order valence-electron chi connectivity index (χ2n) is 5.13. The quantitative estimate of drug-likeness (QED) is 0.884. The number of carbonyl (C=O) groups is 1. The number of ether oxygens (including phenoxy) is 1. The first-order valence-corrected chi connectivity index (χ1v) is 7.35. The largest absolute Gasteiger partial charge is 0.376 e. The van der Waals surface area contributed by atoms with Gasteiger partial charge in [0.1, 0.15) is 0 Å². The van der Waals surface area contributed by atoms with E-state index in [0.29, 0.717) is 18.1 Å². The van der Waals surface area contributed by atoms with Crippen LogP contribution in [0.5, 0.6) is 0 Å². The van der Waals surface area contributed by atoms with Crippen LogP contribution >= 0.6 is 0 Å². The minimum atomic E-state index is -0.179. The SMILES string of the molecule is O=C(NC[C@@H]1CCCO1)c1cnc(Nc2ccccc2)nc1. The van der Waals surface area contributed by atoms with Crippen LogP contribution in [0.15, 0.2) is 42.7 Å². The normalized spacial score (nSPS) is 17.2. The van der Waals surface area contributed by atoms with Gasteiger partial charge in [-0.3, -0.25) is 4.79 Å². The third kappa shape index (κ3) is 3.79. The second-order valence-corrected chi connectivity index (χ2v) is 5.13. The Labute approximate surface area is 128 Å². The van der Waals surface area contributed by atoms with E-state index in [9.17, 15) is 4.79 Å². The summed E-state index contributed by atoms with van der Waals surface area (Å²) in [5, 5.41) is 5.92. The Morgan fingerprint density at radius 2 is 2.00 bits per heavy atom. The highest BCUT2D eigenvalue weighted by molar-refractivity contribution is 5.93. The van der Waals surface area contributed by atoms with E-state index >= 15 is 0 Å². The highest BCUT2D eigenvalue weighted by Gasteiger charge is 2.16. The van der Waals surface area contributed by atoms with E-state index in [1.165, 1.54) is 12.4 Å². The van der Waals surface area contributed by atoms with Crippen LogP contribution in [0.1, 0.15) is 23.2 Å². The minimum absolute atomic E-state index is 0.129. The minimum Gasteiger partial charge on any atom is -0.376 e. The van der Waals surface area contributed by atoms with Crippen molar-refractivity contribution in [2.45, 2.75) is 18.9 Å². The number of anilines is 2. The third-order valence-electron chi connectivity index (χ3n) is 3.46. The van der Waals surface area contributed by atoms with Crippen molar-refractivity contribution >= 4 is 17.5 Å². The average molecular weight is 298 g/mol. The lowest BCUT2D eigenvalue weighted by atomic mass is 10.2. The molecule has 2 heterocycles. The van der Waals surface area contributed by atoms with Crippen molar-refractivity contribution in [1.29, 1.82) is 0 Å². The lowest BCUT2D eigenvalue weighted by Crippen LogP contribution is -2.31. The maximum atomic E-state index is 12.0. The molecule has 1 aliphatic heterocycles. The summed E-state index contributed by atoms with van der Waals surface area (Å²) in [6.45, 7) is 1.31. The molecule has 6 heteroatoms.